The van der Waals surface area contributed by atoms with E-state index in [1.807, 2.05) is 6.07 Å². The minimum absolute atomic E-state index is 0.00737. The van der Waals surface area contributed by atoms with E-state index in [1.165, 1.54) is 12.1 Å². The van der Waals surface area contributed by atoms with Crippen molar-refractivity contribution in [1.82, 2.24) is 15.5 Å². The summed E-state index contributed by atoms with van der Waals surface area (Å²) in [5.74, 6) is -1.54. The number of aromatic nitrogens is 2. The van der Waals surface area contributed by atoms with Gasteiger partial charge in [-0.2, -0.15) is 0 Å². The monoisotopic (exact) mass is 329 g/mol. The standard InChI is InChI=1S/C17H13F2N3O2/c18-12-3-4-14(15(19)6-12)16-7-13(22-24-16)8-17(23)21-10-11-2-1-5-20-9-11/h1-7,9H,8,10H2,(H,21,23). The summed E-state index contributed by atoms with van der Waals surface area (Å²) in [6.07, 6.45) is 3.30. The average molecular weight is 329 g/mol. The Labute approximate surface area is 136 Å². The molecule has 0 spiro atoms. The fourth-order valence-electron chi connectivity index (χ4n) is 2.14. The topological polar surface area (TPSA) is 68.0 Å². The molecule has 0 unspecified atom stereocenters. The van der Waals surface area contributed by atoms with Crippen molar-refractivity contribution < 1.29 is 18.1 Å². The first kappa shape index (κ1) is 15.8. The molecule has 3 rings (SSSR count). The molecule has 0 fully saturated rings. The van der Waals surface area contributed by atoms with Crippen LogP contribution in [0, 0.1) is 11.6 Å². The van der Waals surface area contributed by atoms with Gasteiger partial charge < -0.3 is 9.84 Å². The molecule has 7 heteroatoms. The van der Waals surface area contributed by atoms with E-state index in [2.05, 4.69) is 15.5 Å². The number of pyridine rings is 1. The van der Waals surface area contributed by atoms with Gasteiger partial charge in [0, 0.05) is 31.1 Å². The highest BCUT2D eigenvalue weighted by molar-refractivity contribution is 5.78. The van der Waals surface area contributed by atoms with E-state index in [1.54, 1.807) is 18.5 Å². The predicted molar refractivity (Wildman–Crippen MR) is 81.6 cm³/mol. The molecule has 0 saturated carbocycles. The minimum atomic E-state index is -0.751. The highest BCUT2D eigenvalue weighted by atomic mass is 19.1. The third-order valence-corrected chi connectivity index (χ3v) is 3.31. The largest absolute Gasteiger partial charge is 0.356 e. The third-order valence-electron chi connectivity index (χ3n) is 3.31. The first-order valence-electron chi connectivity index (χ1n) is 7.18. The van der Waals surface area contributed by atoms with Crippen LogP contribution in [0.2, 0.25) is 0 Å². The lowest BCUT2D eigenvalue weighted by molar-refractivity contribution is -0.120. The zero-order chi connectivity index (χ0) is 16.9. The Morgan fingerprint density at radius 3 is 2.83 bits per heavy atom. The lowest BCUT2D eigenvalue weighted by atomic mass is 10.1. The molecule has 0 bridgehead atoms. The molecule has 0 aliphatic rings. The van der Waals surface area contributed by atoms with Crippen molar-refractivity contribution in [3.8, 4) is 11.3 Å². The fraction of sp³-hybridized carbons (Fsp3) is 0.118. The van der Waals surface area contributed by atoms with Gasteiger partial charge in [0.2, 0.25) is 5.91 Å². The SMILES string of the molecule is O=C(Cc1cc(-c2ccc(F)cc2F)on1)NCc1cccnc1. The van der Waals surface area contributed by atoms with E-state index in [9.17, 15) is 13.6 Å². The highest BCUT2D eigenvalue weighted by Gasteiger charge is 2.14. The van der Waals surface area contributed by atoms with Gasteiger partial charge in [-0.3, -0.25) is 9.78 Å². The number of nitrogens with one attached hydrogen (secondary N) is 1. The van der Waals surface area contributed by atoms with Gasteiger partial charge in [-0.25, -0.2) is 8.78 Å². The number of benzene rings is 1. The van der Waals surface area contributed by atoms with Crippen molar-refractivity contribution in [2.45, 2.75) is 13.0 Å². The van der Waals surface area contributed by atoms with Gasteiger partial charge in [-0.15, -0.1) is 0 Å². The van der Waals surface area contributed by atoms with Crippen LogP contribution in [0.3, 0.4) is 0 Å². The number of hydrogen-bond donors (Lipinski definition) is 1. The maximum atomic E-state index is 13.7. The van der Waals surface area contributed by atoms with Crippen LogP contribution >= 0.6 is 0 Å². The number of nitrogens with zero attached hydrogens (tertiary/aromatic N) is 2. The molecule has 0 atom stereocenters. The van der Waals surface area contributed by atoms with Gasteiger partial charge in [0.25, 0.3) is 0 Å². The molecule has 24 heavy (non-hydrogen) atoms. The number of hydrogen-bond acceptors (Lipinski definition) is 4. The zero-order valence-corrected chi connectivity index (χ0v) is 12.5. The summed E-state index contributed by atoms with van der Waals surface area (Å²) >= 11 is 0. The number of rotatable bonds is 5. The molecule has 0 aliphatic carbocycles. The van der Waals surface area contributed by atoms with Crippen molar-refractivity contribution >= 4 is 5.91 Å². The maximum Gasteiger partial charge on any atom is 0.226 e. The van der Waals surface area contributed by atoms with Crippen LogP contribution in [0.1, 0.15) is 11.3 Å². The van der Waals surface area contributed by atoms with Crippen LogP contribution in [0.25, 0.3) is 11.3 Å². The normalized spacial score (nSPS) is 10.6. The van der Waals surface area contributed by atoms with E-state index in [0.29, 0.717) is 12.2 Å². The van der Waals surface area contributed by atoms with E-state index in [4.69, 9.17) is 4.52 Å². The van der Waals surface area contributed by atoms with Crippen molar-refractivity contribution in [3.63, 3.8) is 0 Å². The van der Waals surface area contributed by atoms with Gasteiger partial charge in [-0.05, 0) is 23.8 Å². The molecule has 0 aliphatic heterocycles. The van der Waals surface area contributed by atoms with E-state index in [0.717, 1.165) is 17.7 Å². The van der Waals surface area contributed by atoms with E-state index < -0.39 is 11.6 Å². The summed E-state index contributed by atoms with van der Waals surface area (Å²) in [6.45, 7) is 0.351. The Morgan fingerprint density at radius 1 is 1.21 bits per heavy atom. The van der Waals surface area contributed by atoms with Gasteiger partial charge in [0.15, 0.2) is 5.76 Å². The summed E-state index contributed by atoms with van der Waals surface area (Å²) < 4.78 is 31.7. The molecule has 0 saturated heterocycles. The summed E-state index contributed by atoms with van der Waals surface area (Å²) in [5.41, 5.74) is 1.32. The molecular formula is C17H13F2N3O2. The van der Waals surface area contributed by atoms with Crippen LogP contribution in [0.4, 0.5) is 8.78 Å². The van der Waals surface area contributed by atoms with Crippen LogP contribution in [-0.4, -0.2) is 16.0 Å². The van der Waals surface area contributed by atoms with Crippen molar-refractivity contribution in [3.05, 3.63) is 71.7 Å². The number of amides is 1. The van der Waals surface area contributed by atoms with Crippen LogP contribution in [-0.2, 0) is 17.8 Å². The zero-order valence-electron chi connectivity index (χ0n) is 12.5. The van der Waals surface area contributed by atoms with E-state index >= 15 is 0 Å². The van der Waals surface area contributed by atoms with E-state index in [-0.39, 0.29) is 23.7 Å². The molecule has 5 nitrogen and oxygen atoms in total. The van der Waals surface area contributed by atoms with Crippen molar-refractivity contribution in [1.29, 1.82) is 0 Å². The molecule has 2 aromatic heterocycles. The molecule has 1 N–H and O–H groups in total. The first-order valence-corrected chi connectivity index (χ1v) is 7.18. The second kappa shape index (κ2) is 6.99. The van der Waals surface area contributed by atoms with Crippen LogP contribution in [0.15, 0.2) is 53.3 Å². The molecule has 1 aromatic carbocycles. The summed E-state index contributed by atoms with van der Waals surface area (Å²) in [5, 5.41) is 6.47. The lowest BCUT2D eigenvalue weighted by Gasteiger charge is -2.03. The minimum Gasteiger partial charge on any atom is -0.356 e. The third kappa shape index (κ3) is 3.81. The first-order chi connectivity index (χ1) is 11.6. The summed E-state index contributed by atoms with van der Waals surface area (Å²) in [7, 11) is 0. The molecule has 122 valence electrons. The highest BCUT2D eigenvalue weighted by Crippen LogP contribution is 2.24. The second-order valence-electron chi connectivity index (χ2n) is 5.12. The number of carbonyl (C=O) groups is 1. The van der Waals surface area contributed by atoms with Crippen molar-refractivity contribution in [2.24, 2.45) is 0 Å². The quantitative estimate of drug-likeness (QED) is 0.781. The molecule has 0 radical (unpaired) electrons. The molecular weight excluding hydrogens is 316 g/mol. The summed E-state index contributed by atoms with van der Waals surface area (Å²) in [4.78, 5) is 15.9. The van der Waals surface area contributed by atoms with Crippen LogP contribution < -0.4 is 5.32 Å². The maximum absolute atomic E-state index is 13.7. The predicted octanol–water partition coefficient (Wildman–Crippen LogP) is 2.87. The van der Waals surface area contributed by atoms with Gasteiger partial charge in [-0.1, -0.05) is 11.2 Å². The van der Waals surface area contributed by atoms with Crippen LogP contribution in [0.5, 0.6) is 0 Å². The second-order valence-corrected chi connectivity index (χ2v) is 5.12. The Balaban J connectivity index is 1.62. The van der Waals surface area contributed by atoms with Gasteiger partial charge in [0.05, 0.1) is 17.7 Å². The average Bonchev–Trinajstić information content (AvgIpc) is 3.02. The Kier molecular flexibility index (Phi) is 4.60. The smallest absolute Gasteiger partial charge is 0.226 e. The molecule has 2 heterocycles. The Hall–Kier alpha value is -3.09. The van der Waals surface area contributed by atoms with Gasteiger partial charge >= 0.3 is 0 Å². The molecule has 1 amide bonds. The van der Waals surface area contributed by atoms with Crippen molar-refractivity contribution in [2.75, 3.05) is 0 Å². The number of carbonyl (C=O) groups excluding carboxylic acids is 1. The van der Waals surface area contributed by atoms with Gasteiger partial charge in [0.1, 0.15) is 11.6 Å². The lowest BCUT2D eigenvalue weighted by Crippen LogP contribution is -2.24. The Bertz CT molecular complexity index is 850. The fourth-order valence-corrected chi connectivity index (χ4v) is 2.14. The number of halogens is 2. The summed E-state index contributed by atoms with van der Waals surface area (Å²) in [6, 6.07) is 8.23. The Morgan fingerprint density at radius 2 is 2.08 bits per heavy atom. The molecule has 3 aromatic rings.